The topological polar surface area (TPSA) is 32.3 Å². The third kappa shape index (κ3) is 3.45. The number of benzene rings is 2. The number of nitrogens with zero attached hydrogens (tertiary/aromatic N) is 1. The normalized spacial score (nSPS) is 25.3. The molecule has 1 heterocycles. The lowest BCUT2D eigenvalue weighted by Gasteiger charge is -2.34. The van der Waals surface area contributed by atoms with Crippen LogP contribution in [0.1, 0.15) is 29.0 Å². The first-order valence-electron chi connectivity index (χ1n) is 8.92. The Morgan fingerprint density at radius 2 is 2.00 bits per heavy atom. The van der Waals surface area contributed by atoms with E-state index >= 15 is 0 Å². The molecule has 0 spiro atoms. The summed E-state index contributed by atoms with van der Waals surface area (Å²) in [6, 6.07) is 15.5. The molecule has 0 saturated heterocycles. The number of hydrogen-bond acceptors (Lipinski definition) is 2. The van der Waals surface area contributed by atoms with Crippen molar-refractivity contribution in [1.82, 2.24) is 10.2 Å². The molecule has 1 amide bonds. The molecule has 0 aromatic heterocycles. The molecule has 0 radical (unpaired) electrons. The average molecular weight is 338 g/mol. The van der Waals surface area contributed by atoms with E-state index in [2.05, 4.69) is 29.4 Å². The average Bonchev–Trinajstić information content (AvgIpc) is 3.42. The summed E-state index contributed by atoms with van der Waals surface area (Å²) in [4.78, 5) is 14.7. The number of fused-ring (bicyclic) bond motifs is 1. The zero-order chi connectivity index (χ0) is 17.4. The van der Waals surface area contributed by atoms with Crippen molar-refractivity contribution in [3.63, 3.8) is 0 Å². The molecule has 1 fully saturated rings. The lowest BCUT2D eigenvalue weighted by Crippen LogP contribution is -2.45. The summed E-state index contributed by atoms with van der Waals surface area (Å²) in [7, 11) is 2.06. The quantitative estimate of drug-likeness (QED) is 0.929. The smallest absolute Gasteiger partial charge is 0.223 e. The van der Waals surface area contributed by atoms with Crippen LogP contribution in [0.2, 0.25) is 0 Å². The van der Waals surface area contributed by atoms with Crippen LogP contribution in [0.25, 0.3) is 0 Å². The summed E-state index contributed by atoms with van der Waals surface area (Å²) in [5.74, 6) is 0.420. The summed E-state index contributed by atoms with van der Waals surface area (Å²) < 4.78 is 13.5. The molecule has 130 valence electrons. The Balaban J connectivity index is 1.33. The number of carbonyl (C=O) groups is 1. The van der Waals surface area contributed by atoms with Crippen LogP contribution in [0.3, 0.4) is 0 Å². The third-order valence-corrected chi connectivity index (χ3v) is 5.53. The second kappa shape index (κ2) is 6.60. The molecule has 1 N–H and O–H groups in total. The predicted molar refractivity (Wildman–Crippen MR) is 95.7 cm³/mol. The Kier molecular flexibility index (Phi) is 4.30. The van der Waals surface area contributed by atoms with Gasteiger partial charge in [-0.25, -0.2) is 4.39 Å². The number of amides is 1. The van der Waals surface area contributed by atoms with E-state index in [1.165, 1.54) is 17.2 Å². The van der Waals surface area contributed by atoms with Crippen LogP contribution >= 0.6 is 0 Å². The molecule has 0 bridgehead atoms. The minimum absolute atomic E-state index is 0.0982. The van der Waals surface area contributed by atoms with Crippen LogP contribution in [-0.4, -0.2) is 30.4 Å². The SMILES string of the molecule is CN1Cc2ccc(F)cc2CC1CNC(=O)[C@@H]1C[C@H]1c1ccccc1. The van der Waals surface area contributed by atoms with E-state index in [1.54, 1.807) is 6.07 Å². The van der Waals surface area contributed by atoms with Crippen LogP contribution in [0, 0.1) is 11.7 Å². The number of hydrogen-bond donors (Lipinski definition) is 1. The van der Waals surface area contributed by atoms with Crippen molar-refractivity contribution in [3.05, 3.63) is 71.0 Å². The summed E-state index contributed by atoms with van der Waals surface area (Å²) in [5.41, 5.74) is 3.49. The van der Waals surface area contributed by atoms with Crippen molar-refractivity contribution < 1.29 is 9.18 Å². The fourth-order valence-corrected chi connectivity index (χ4v) is 3.88. The first-order valence-corrected chi connectivity index (χ1v) is 8.92. The monoisotopic (exact) mass is 338 g/mol. The lowest BCUT2D eigenvalue weighted by atomic mass is 9.94. The van der Waals surface area contributed by atoms with Gasteiger partial charge < -0.3 is 5.32 Å². The van der Waals surface area contributed by atoms with Crippen molar-refractivity contribution in [2.75, 3.05) is 13.6 Å². The summed E-state index contributed by atoms with van der Waals surface area (Å²) >= 11 is 0. The van der Waals surface area contributed by atoms with Gasteiger partial charge in [-0.15, -0.1) is 0 Å². The van der Waals surface area contributed by atoms with E-state index in [9.17, 15) is 9.18 Å². The minimum atomic E-state index is -0.185. The predicted octanol–water partition coefficient (Wildman–Crippen LogP) is 3.10. The number of halogens is 1. The number of rotatable bonds is 4. The van der Waals surface area contributed by atoms with Crippen molar-refractivity contribution in [2.24, 2.45) is 5.92 Å². The van der Waals surface area contributed by atoms with Gasteiger partial charge in [0.1, 0.15) is 5.82 Å². The van der Waals surface area contributed by atoms with Gasteiger partial charge in [0, 0.05) is 25.0 Å². The Bertz CT molecular complexity index is 777. The van der Waals surface area contributed by atoms with Gasteiger partial charge in [0.25, 0.3) is 0 Å². The molecule has 1 aliphatic carbocycles. The highest BCUT2D eigenvalue weighted by molar-refractivity contribution is 5.82. The van der Waals surface area contributed by atoms with Crippen molar-refractivity contribution >= 4 is 5.91 Å². The van der Waals surface area contributed by atoms with Crippen LogP contribution in [-0.2, 0) is 17.8 Å². The van der Waals surface area contributed by atoms with Gasteiger partial charge in [0.2, 0.25) is 5.91 Å². The van der Waals surface area contributed by atoms with Crippen molar-refractivity contribution in [2.45, 2.75) is 31.3 Å². The van der Waals surface area contributed by atoms with Crippen molar-refractivity contribution in [1.29, 1.82) is 0 Å². The number of carbonyl (C=O) groups excluding carboxylic acids is 1. The van der Waals surface area contributed by atoms with Crippen LogP contribution in [0.4, 0.5) is 4.39 Å². The molecule has 1 unspecified atom stereocenters. The fourth-order valence-electron chi connectivity index (χ4n) is 3.88. The van der Waals surface area contributed by atoms with E-state index in [0.29, 0.717) is 12.5 Å². The fraction of sp³-hybridized carbons (Fsp3) is 0.381. The largest absolute Gasteiger partial charge is 0.354 e. The Morgan fingerprint density at radius 3 is 2.80 bits per heavy atom. The van der Waals surface area contributed by atoms with E-state index in [-0.39, 0.29) is 23.7 Å². The summed E-state index contributed by atoms with van der Waals surface area (Å²) in [6.45, 7) is 1.41. The molecular formula is C21H23FN2O. The second-order valence-electron chi connectivity index (χ2n) is 7.29. The van der Waals surface area contributed by atoms with Gasteiger partial charge >= 0.3 is 0 Å². The number of nitrogens with one attached hydrogen (secondary N) is 1. The molecule has 2 aromatic rings. The molecule has 3 atom stereocenters. The molecular weight excluding hydrogens is 315 g/mol. The zero-order valence-electron chi connectivity index (χ0n) is 14.4. The molecule has 4 rings (SSSR count). The molecule has 4 heteroatoms. The standard InChI is InChI=1S/C21H23FN2O/c1-24-13-15-7-8-17(22)9-16(15)10-18(24)12-23-21(25)20-11-19(20)14-5-3-2-4-6-14/h2-9,18-20H,10-13H2,1H3,(H,23,25)/t18?,19-,20+/m0/s1. The maximum absolute atomic E-state index is 13.5. The lowest BCUT2D eigenvalue weighted by molar-refractivity contribution is -0.122. The third-order valence-electron chi connectivity index (χ3n) is 5.53. The van der Waals surface area contributed by atoms with E-state index < -0.39 is 0 Å². The maximum Gasteiger partial charge on any atom is 0.223 e. The molecule has 1 aliphatic heterocycles. The Labute approximate surface area is 147 Å². The van der Waals surface area contributed by atoms with Gasteiger partial charge in [0.05, 0.1) is 0 Å². The highest BCUT2D eigenvalue weighted by Crippen LogP contribution is 2.47. The first-order chi connectivity index (χ1) is 12.1. The molecule has 2 aliphatic rings. The molecule has 1 saturated carbocycles. The summed E-state index contributed by atoms with van der Waals surface area (Å²) in [6.07, 6.45) is 1.71. The molecule has 2 aromatic carbocycles. The number of likely N-dealkylation sites (N-methyl/N-ethyl adjacent to an activating group) is 1. The van der Waals surface area contributed by atoms with Crippen LogP contribution in [0.5, 0.6) is 0 Å². The summed E-state index contributed by atoms with van der Waals surface area (Å²) in [5, 5.41) is 3.12. The van der Waals surface area contributed by atoms with Crippen LogP contribution < -0.4 is 5.32 Å². The van der Waals surface area contributed by atoms with Gasteiger partial charge in [-0.05, 0) is 54.6 Å². The Hall–Kier alpha value is -2.20. The highest BCUT2D eigenvalue weighted by atomic mass is 19.1. The van der Waals surface area contributed by atoms with Gasteiger partial charge in [-0.3, -0.25) is 9.69 Å². The second-order valence-corrected chi connectivity index (χ2v) is 7.29. The van der Waals surface area contributed by atoms with Gasteiger partial charge in [-0.2, -0.15) is 0 Å². The molecule has 25 heavy (non-hydrogen) atoms. The zero-order valence-corrected chi connectivity index (χ0v) is 14.4. The first kappa shape index (κ1) is 16.3. The molecule has 3 nitrogen and oxygen atoms in total. The van der Waals surface area contributed by atoms with Crippen LogP contribution in [0.15, 0.2) is 48.5 Å². The van der Waals surface area contributed by atoms with Gasteiger partial charge in [-0.1, -0.05) is 36.4 Å². The maximum atomic E-state index is 13.5. The van der Waals surface area contributed by atoms with E-state index in [1.807, 2.05) is 24.3 Å². The van der Waals surface area contributed by atoms with Gasteiger partial charge in [0.15, 0.2) is 0 Å². The van der Waals surface area contributed by atoms with E-state index in [4.69, 9.17) is 0 Å². The highest BCUT2D eigenvalue weighted by Gasteiger charge is 2.43. The minimum Gasteiger partial charge on any atom is -0.354 e. The van der Waals surface area contributed by atoms with E-state index in [0.717, 1.165) is 24.9 Å². The van der Waals surface area contributed by atoms with Crippen molar-refractivity contribution in [3.8, 4) is 0 Å². The Morgan fingerprint density at radius 1 is 1.20 bits per heavy atom.